The molecule has 0 aliphatic heterocycles. The van der Waals surface area contributed by atoms with Crippen LogP contribution in [0.15, 0.2) is 42.0 Å². The molecule has 1 amide bonds. The van der Waals surface area contributed by atoms with Crippen molar-refractivity contribution >= 4 is 23.4 Å². The lowest BCUT2D eigenvalue weighted by atomic mass is 10.1. The van der Waals surface area contributed by atoms with Gasteiger partial charge in [-0.1, -0.05) is 0 Å². The highest BCUT2D eigenvalue weighted by atomic mass is 16.6. The maximum absolute atomic E-state index is 12.2. The first-order chi connectivity index (χ1) is 12.3. The zero-order valence-electron chi connectivity index (χ0n) is 13.5. The number of carbonyl (C=O) groups is 1. The molecule has 0 aliphatic rings. The maximum Gasteiger partial charge on any atom is 0.315 e. The number of methoxy groups -OCH3 is 1. The second kappa shape index (κ2) is 7.67. The summed E-state index contributed by atoms with van der Waals surface area (Å²) < 4.78 is 4.87. The number of hydrogen-bond acceptors (Lipinski definition) is 7. The summed E-state index contributed by atoms with van der Waals surface area (Å²) in [5.74, 6) is -1.54. The predicted octanol–water partition coefficient (Wildman–Crippen LogP) is 2.56. The topological polar surface area (TPSA) is 146 Å². The van der Waals surface area contributed by atoms with Crippen LogP contribution in [0.3, 0.4) is 0 Å². The van der Waals surface area contributed by atoms with Gasteiger partial charge in [-0.25, -0.2) is 0 Å². The lowest BCUT2D eigenvalue weighted by molar-refractivity contribution is -0.386. The van der Waals surface area contributed by atoms with Gasteiger partial charge in [-0.05, 0) is 42.0 Å². The second-order valence-electron chi connectivity index (χ2n) is 5.02. The van der Waals surface area contributed by atoms with Gasteiger partial charge in [-0.3, -0.25) is 14.9 Å². The van der Waals surface area contributed by atoms with Gasteiger partial charge in [0.05, 0.1) is 12.0 Å². The number of ether oxygens (including phenoxy) is 1. The standard InChI is InChI=1S/C17H13N3O6/c1-26-15-8-10(7-14(16(15)22)20(24)25)6-11(9-18)17(23)19-12-2-4-13(21)5-3-12/h2-8,21-22H,1H3,(H,19,23)/b11-6-. The summed E-state index contributed by atoms with van der Waals surface area (Å²) in [5, 5.41) is 41.6. The minimum absolute atomic E-state index is 0.0162. The first-order valence-corrected chi connectivity index (χ1v) is 7.13. The van der Waals surface area contributed by atoms with Crippen molar-refractivity contribution in [2.24, 2.45) is 0 Å². The minimum Gasteiger partial charge on any atom is -0.508 e. The van der Waals surface area contributed by atoms with Crippen LogP contribution in [-0.2, 0) is 4.79 Å². The summed E-state index contributed by atoms with van der Waals surface area (Å²) in [6, 6.07) is 9.59. The van der Waals surface area contributed by atoms with Crippen molar-refractivity contribution in [3.8, 4) is 23.3 Å². The average Bonchev–Trinajstić information content (AvgIpc) is 2.62. The number of benzene rings is 2. The summed E-state index contributed by atoms with van der Waals surface area (Å²) in [5.41, 5.74) is -0.459. The molecule has 0 saturated heterocycles. The Bertz CT molecular complexity index is 929. The van der Waals surface area contributed by atoms with Crippen molar-refractivity contribution < 1.29 is 24.7 Å². The van der Waals surface area contributed by atoms with Crippen LogP contribution < -0.4 is 10.1 Å². The predicted molar refractivity (Wildman–Crippen MR) is 91.6 cm³/mol. The van der Waals surface area contributed by atoms with E-state index in [-0.39, 0.29) is 22.6 Å². The molecule has 9 heteroatoms. The van der Waals surface area contributed by atoms with Gasteiger partial charge in [0.2, 0.25) is 5.75 Å². The Morgan fingerprint density at radius 2 is 1.96 bits per heavy atom. The fourth-order valence-electron chi connectivity index (χ4n) is 2.05. The van der Waals surface area contributed by atoms with Crippen molar-refractivity contribution in [2.75, 3.05) is 12.4 Å². The fraction of sp³-hybridized carbons (Fsp3) is 0.0588. The molecule has 0 aliphatic carbocycles. The van der Waals surface area contributed by atoms with E-state index in [4.69, 9.17) is 4.74 Å². The molecule has 0 bridgehead atoms. The van der Waals surface area contributed by atoms with E-state index >= 15 is 0 Å². The number of phenolic OH excluding ortho intramolecular Hbond substituents is 2. The first kappa shape index (κ1) is 18.3. The Balaban J connectivity index is 2.37. The van der Waals surface area contributed by atoms with E-state index in [0.29, 0.717) is 5.69 Å². The van der Waals surface area contributed by atoms with Gasteiger partial charge < -0.3 is 20.3 Å². The van der Waals surface area contributed by atoms with Gasteiger partial charge in [-0.2, -0.15) is 5.26 Å². The molecule has 0 spiro atoms. The Labute approximate surface area is 147 Å². The van der Waals surface area contributed by atoms with Crippen molar-refractivity contribution in [1.29, 1.82) is 5.26 Å². The number of amides is 1. The van der Waals surface area contributed by atoms with Gasteiger partial charge in [0.15, 0.2) is 5.75 Å². The zero-order chi connectivity index (χ0) is 19.3. The van der Waals surface area contributed by atoms with Gasteiger partial charge >= 0.3 is 5.69 Å². The molecule has 132 valence electrons. The highest BCUT2D eigenvalue weighted by Crippen LogP contribution is 2.37. The summed E-state index contributed by atoms with van der Waals surface area (Å²) >= 11 is 0. The molecule has 2 aromatic carbocycles. The minimum atomic E-state index is -0.808. The Hall–Kier alpha value is -4.06. The second-order valence-corrected chi connectivity index (χ2v) is 5.02. The number of hydrogen-bond donors (Lipinski definition) is 3. The van der Waals surface area contributed by atoms with Gasteiger partial charge in [-0.15, -0.1) is 0 Å². The van der Waals surface area contributed by atoms with Crippen molar-refractivity contribution in [1.82, 2.24) is 0 Å². The average molecular weight is 355 g/mol. The molecule has 2 rings (SSSR count). The number of carbonyl (C=O) groups excluding carboxylic acids is 1. The number of nitriles is 1. The van der Waals surface area contributed by atoms with E-state index in [9.17, 15) is 30.4 Å². The normalized spacial score (nSPS) is 10.7. The van der Waals surface area contributed by atoms with E-state index in [0.717, 1.165) is 12.1 Å². The lowest BCUT2D eigenvalue weighted by Gasteiger charge is -2.07. The smallest absolute Gasteiger partial charge is 0.315 e. The van der Waals surface area contributed by atoms with E-state index in [2.05, 4.69) is 5.32 Å². The molecule has 0 fully saturated rings. The maximum atomic E-state index is 12.2. The zero-order valence-corrected chi connectivity index (χ0v) is 13.5. The Morgan fingerprint density at radius 3 is 2.50 bits per heavy atom. The van der Waals surface area contributed by atoms with Crippen LogP contribution >= 0.6 is 0 Å². The van der Waals surface area contributed by atoms with Gasteiger partial charge in [0, 0.05) is 11.8 Å². The highest BCUT2D eigenvalue weighted by molar-refractivity contribution is 6.09. The monoisotopic (exact) mass is 355 g/mol. The number of nitro benzene ring substituents is 1. The number of rotatable bonds is 5. The van der Waals surface area contributed by atoms with E-state index in [1.807, 2.05) is 0 Å². The summed E-state index contributed by atoms with van der Waals surface area (Å²) in [4.78, 5) is 22.4. The number of phenols is 2. The Kier molecular flexibility index (Phi) is 5.40. The Morgan fingerprint density at radius 1 is 1.31 bits per heavy atom. The third-order valence-electron chi connectivity index (χ3n) is 3.30. The molecule has 0 aromatic heterocycles. The molecule has 2 aromatic rings. The summed E-state index contributed by atoms with van der Waals surface area (Å²) in [6.07, 6.45) is 1.13. The SMILES string of the molecule is COc1cc(/C=C(/C#N)C(=O)Nc2ccc(O)cc2)cc([N+](=O)[O-])c1O. The van der Waals surface area contributed by atoms with Crippen LogP contribution in [0, 0.1) is 21.4 Å². The molecule has 0 saturated carbocycles. The highest BCUT2D eigenvalue weighted by Gasteiger charge is 2.20. The van der Waals surface area contributed by atoms with Gasteiger partial charge in [0.1, 0.15) is 17.4 Å². The van der Waals surface area contributed by atoms with Crippen LogP contribution in [0.1, 0.15) is 5.56 Å². The van der Waals surface area contributed by atoms with Crippen LogP contribution in [0.25, 0.3) is 6.08 Å². The molecule has 0 heterocycles. The molecule has 0 unspecified atom stereocenters. The molecule has 0 radical (unpaired) electrons. The first-order valence-electron chi connectivity index (χ1n) is 7.13. The van der Waals surface area contributed by atoms with Crippen LogP contribution in [0.5, 0.6) is 17.2 Å². The number of nitrogens with zero attached hydrogens (tertiary/aromatic N) is 2. The molecule has 26 heavy (non-hydrogen) atoms. The third-order valence-corrected chi connectivity index (χ3v) is 3.30. The molecule has 3 N–H and O–H groups in total. The number of anilines is 1. The van der Waals surface area contributed by atoms with E-state index in [1.54, 1.807) is 6.07 Å². The van der Waals surface area contributed by atoms with E-state index in [1.165, 1.54) is 37.4 Å². The van der Waals surface area contributed by atoms with Crippen molar-refractivity contribution in [3.05, 3.63) is 57.6 Å². The summed E-state index contributed by atoms with van der Waals surface area (Å²) in [7, 11) is 1.22. The van der Waals surface area contributed by atoms with Crippen LogP contribution in [0.4, 0.5) is 11.4 Å². The van der Waals surface area contributed by atoms with Crippen LogP contribution in [-0.4, -0.2) is 28.2 Å². The molecule has 0 atom stereocenters. The summed E-state index contributed by atoms with van der Waals surface area (Å²) in [6.45, 7) is 0. The number of nitro groups is 1. The third kappa shape index (κ3) is 4.07. The van der Waals surface area contributed by atoms with Gasteiger partial charge in [0.25, 0.3) is 5.91 Å². The van der Waals surface area contributed by atoms with Crippen LogP contribution in [0.2, 0.25) is 0 Å². The lowest BCUT2D eigenvalue weighted by Crippen LogP contribution is -2.13. The largest absolute Gasteiger partial charge is 0.508 e. The van der Waals surface area contributed by atoms with Crippen molar-refractivity contribution in [2.45, 2.75) is 0 Å². The molecular weight excluding hydrogens is 342 g/mol. The number of nitrogens with one attached hydrogen (secondary N) is 1. The van der Waals surface area contributed by atoms with E-state index < -0.39 is 22.3 Å². The molecule has 9 nitrogen and oxygen atoms in total. The fourth-order valence-corrected chi connectivity index (χ4v) is 2.05. The quantitative estimate of drug-likeness (QED) is 0.245. The molecular formula is C17H13N3O6. The number of aromatic hydroxyl groups is 2. The van der Waals surface area contributed by atoms with Crippen molar-refractivity contribution in [3.63, 3.8) is 0 Å².